The number of H-pyrrole nitrogens is 2. The molecule has 0 amide bonds. The molecular weight excluding hydrogens is 264 g/mol. The maximum atomic E-state index is 12.0. The van der Waals surface area contributed by atoms with Gasteiger partial charge in [0.25, 0.3) is 5.56 Å². The monoisotopic (exact) mass is 278 g/mol. The van der Waals surface area contributed by atoms with Crippen LogP contribution >= 0.6 is 0 Å². The van der Waals surface area contributed by atoms with Crippen molar-refractivity contribution >= 4 is 11.0 Å². The minimum absolute atomic E-state index is 0.253. The van der Waals surface area contributed by atoms with E-state index in [1.807, 2.05) is 0 Å². The molecule has 0 spiro atoms. The van der Waals surface area contributed by atoms with Crippen molar-refractivity contribution in [3.05, 3.63) is 44.5 Å². The summed E-state index contributed by atoms with van der Waals surface area (Å²) in [5.41, 5.74) is 0.0481. The molecule has 0 unspecified atom stereocenters. The lowest BCUT2D eigenvalue weighted by Gasteiger charge is -2.12. The van der Waals surface area contributed by atoms with Gasteiger partial charge in [-0.15, -0.1) is 0 Å². The molecule has 1 aliphatic rings. The van der Waals surface area contributed by atoms with Gasteiger partial charge in [0.1, 0.15) is 11.8 Å². The van der Waals surface area contributed by atoms with Gasteiger partial charge >= 0.3 is 0 Å². The van der Waals surface area contributed by atoms with Gasteiger partial charge in [0, 0.05) is 23.4 Å². The van der Waals surface area contributed by atoms with Crippen LogP contribution in [0.1, 0.15) is 18.1 Å². The van der Waals surface area contributed by atoms with Gasteiger partial charge in [0.2, 0.25) is 5.56 Å². The second-order valence-electron chi connectivity index (χ2n) is 4.86. The zero-order valence-electron chi connectivity index (χ0n) is 10.5. The van der Waals surface area contributed by atoms with Gasteiger partial charge in [-0.25, -0.2) is 0 Å². The molecule has 4 N–H and O–H groups in total. The van der Waals surface area contributed by atoms with Crippen LogP contribution in [0.15, 0.2) is 27.8 Å². The average molecular weight is 278 g/mol. The van der Waals surface area contributed by atoms with Crippen LogP contribution in [0.2, 0.25) is 0 Å². The van der Waals surface area contributed by atoms with Crippen LogP contribution in [0.5, 0.6) is 0 Å². The number of nitrogens with one attached hydrogen (secondary N) is 2. The molecule has 20 heavy (non-hydrogen) atoms. The van der Waals surface area contributed by atoms with Gasteiger partial charge in [0.05, 0.1) is 18.8 Å². The second kappa shape index (κ2) is 4.86. The Balaban J connectivity index is 2.04. The molecule has 0 bridgehead atoms. The van der Waals surface area contributed by atoms with Crippen molar-refractivity contribution in [1.29, 1.82) is 0 Å². The summed E-state index contributed by atoms with van der Waals surface area (Å²) in [5, 5.41) is 19.4. The van der Waals surface area contributed by atoms with Crippen molar-refractivity contribution in [3.8, 4) is 0 Å². The van der Waals surface area contributed by atoms with E-state index in [4.69, 9.17) is 9.84 Å². The van der Waals surface area contributed by atoms with Crippen LogP contribution in [-0.4, -0.2) is 39.0 Å². The molecule has 3 atom stereocenters. The van der Waals surface area contributed by atoms with E-state index >= 15 is 0 Å². The van der Waals surface area contributed by atoms with E-state index in [1.54, 1.807) is 12.1 Å². The Morgan fingerprint density at radius 1 is 1.30 bits per heavy atom. The van der Waals surface area contributed by atoms with E-state index in [0.717, 1.165) is 0 Å². The molecule has 0 saturated carbocycles. The summed E-state index contributed by atoms with van der Waals surface area (Å²) in [6.45, 7) is -0.295. The number of ether oxygens (including phenoxy) is 1. The number of pyridine rings is 2. The van der Waals surface area contributed by atoms with E-state index in [0.29, 0.717) is 16.6 Å². The third-order valence-corrected chi connectivity index (χ3v) is 3.51. The zero-order chi connectivity index (χ0) is 14.3. The minimum atomic E-state index is -0.796. The van der Waals surface area contributed by atoms with Gasteiger partial charge in [-0.05, 0) is 12.1 Å². The van der Waals surface area contributed by atoms with Crippen molar-refractivity contribution in [1.82, 2.24) is 9.97 Å². The minimum Gasteiger partial charge on any atom is -0.394 e. The number of hydrogen-bond acceptors (Lipinski definition) is 5. The number of aliphatic hydroxyl groups is 2. The second-order valence-corrected chi connectivity index (χ2v) is 4.86. The number of aliphatic hydroxyl groups excluding tert-OH is 2. The highest BCUT2D eigenvalue weighted by Crippen LogP contribution is 2.31. The summed E-state index contributed by atoms with van der Waals surface area (Å²) in [6, 6.07) is 4.59. The summed E-state index contributed by atoms with van der Waals surface area (Å²) < 4.78 is 5.47. The fraction of sp³-hybridized carbons (Fsp3) is 0.385. The first-order valence-corrected chi connectivity index (χ1v) is 6.29. The molecule has 0 aromatic carbocycles. The Labute approximate surface area is 112 Å². The summed E-state index contributed by atoms with van der Waals surface area (Å²) in [7, 11) is 0. The molecule has 7 heteroatoms. The molecule has 2 aromatic rings. The van der Waals surface area contributed by atoms with Gasteiger partial charge in [-0.3, -0.25) is 9.59 Å². The Hall–Kier alpha value is -1.96. The molecule has 1 aliphatic heterocycles. The Morgan fingerprint density at radius 3 is 2.80 bits per heavy atom. The molecule has 106 valence electrons. The number of aromatic amines is 2. The van der Waals surface area contributed by atoms with Crippen LogP contribution in [0, 0.1) is 0 Å². The maximum absolute atomic E-state index is 12.0. The van der Waals surface area contributed by atoms with Crippen molar-refractivity contribution in [2.45, 2.75) is 24.7 Å². The SMILES string of the molecule is O=c1ccc2cc([C@H]3C[C@H](O)[C@@H](CO)O3)c(=O)[nH]c2[nH]1. The van der Waals surface area contributed by atoms with Crippen molar-refractivity contribution < 1.29 is 14.9 Å². The van der Waals surface area contributed by atoms with Gasteiger partial charge in [0.15, 0.2) is 0 Å². The van der Waals surface area contributed by atoms with E-state index in [-0.39, 0.29) is 24.1 Å². The first kappa shape index (κ1) is 13.0. The van der Waals surface area contributed by atoms with Gasteiger partial charge in [-0.1, -0.05) is 0 Å². The van der Waals surface area contributed by atoms with Crippen molar-refractivity contribution in [2.75, 3.05) is 6.61 Å². The zero-order valence-corrected chi connectivity index (χ0v) is 10.5. The molecule has 1 fully saturated rings. The Bertz CT molecular complexity index is 750. The van der Waals surface area contributed by atoms with Crippen LogP contribution in [0.25, 0.3) is 11.0 Å². The van der Waals surface area contributed by atoms with Crippen molar-refractivity contribution in [2.24, 2.45) is 0 Å². The quantitative estimate of drug-likeness (QED) is 0.585. The fourth-order valence-corrected chi connectivity index (χ4v) is 2.46. The lowest BCUT2D eigenvalue weighted by atomic mass is 10.0. The molecule has 3 rings (SSSR count). The summed E-state index contributed by atoms with van der Waals surface area (Å²) >= 11 is 0. The van der Waals surface area contributed by atoms with Crippen LogP contribution < -0.4 is 11.1 Å². The van der Waals surface area contributed by atoms with Gasteiger partial charge in [-0.2, -0.15) is 0 Å². The molecule has 1 saturated heterocycles. The van der Waals surface area contributed by atoms with Crippen LogP contribution in [-0.2, 0) is 4.74 Å². The normalized spacial score (nSPS) is 26.2. The lowest BCUT2D eigenvalue weighted by Crippen LogP contribution is -2.24. The highest BCUT2D eigenvalue weighted by molar-refractivity contribution is 5.74. The van der Waals surface area contributed by atoms with E-state index in [1.165, 1.54) is 6.07 Å². The summed E-state index contributed by atoms with van der Waals surface area (Å²) in [4.78, 5) is 28.4. The predicted molar refractivity (Wildman–Crippen MR) is 70.5 cm³/mol. The molecule has 7 nitrogen and oxygen atoms in total. The average Bonchev–Trinajstić information content (AvgIpc) is 2.79. The molecule has 0 aliphatic carbocycles. The third-order valence-electron chi connectivity index (χ3n) is 3.51. The van der Waals surface area contributed by atoms with Crippen molar-refractivity contribution in [3.63, 3.8) is 0 Å². The highest BCUT2D eigenvalue weighted by atomic mass is 16.5. The summed E-state index contributed by atoms with van der Waals surface area (Å²) in [5.74, 6) is 0. The summed E-state index contributed by atoms with van der Waals surface area (Å²) in [6.07, 6.45) is -1.79. The highest BCUT2D eigenvalue weighted by Gasteiger charge is 2.35. The van der Waals surface area contributed by atoms with E-state index in [2.05, 4.69) is 9.97 Å². The van der Waals surface area contributed by atoms with E-state index in [9.17, 15) is 14.7 Å². The first-order chi connectivity index (χ1) is 9.58. The lowest BCUT2D eigenvalue weighted by molar-refractivity contribution is -0.0228. The smallest absolute Gasteiger partial charge is 0.255 e. The number of fused-ring (bicyclic) bond motifs is 1. The molecule has 3 heterocycles. The third kappa shape index (κ3) is 2.15. The predicted octanol–water partition coefficient (Wildman–Crippen LogP) is -0.600. The largest absolute Gasteiger partial charge is 0.394 e. The first-order valence-electron chi connectivity index (χ1n) is 6.29. The Kier molecular flexibility index (Phi) is 3.17. The number of aromatic nitrogens is 2. The van der Waals surface area contributed by atoms with Gasteiger partial charge < -0.3 is 24.9 Å². The van der Waals surface area contributed by atoms with Crippen LogP contribution in [0.3, 0.4) is 0 Å². The molecule has 0 radical (unpaired) electrons. The maximum Gasteiger partial charge on any atom is 0.255 e. The number of rotatable bonds is 2. The topological polar surface area (TPSA) is 115 Å². The number of hydrogen-bond donors (Lipinski definition) is 4. The standard InChI is InChI=1S/C13H14N2O5/c16-5-10-8(17)4-9(20-10)7-3-6-1-2-11(18)14-12(6)15-13(7)19/h1-3,8-10,16-17H,4-5H2,(H2,14,15,18,19)/t8-,9+,10+/m0/s1. The molecule has 2 aromatic heterocycles. The van der Waals surface area contributed by atoms with E-state index < -0.39 is 18.3 Å². The van der Waals surface area contributed by atoms with Crippen LogP contribution in [0.4, 0.5) is 0 Å². The Morgan fingerprint density at radius 2 is 2.10 bits per heavy atom. The molecular formula is C13H14N2O5. The fourth-order valence-electron chi connectivity index (χ4n) is 2.46.